The van der Waals surface area contributed by atoms with Gasteiger partial charge in [-0.25, -0.2) is 4.79 Å². The van der Waals surface area contributed by atoms with Crippen LogP contribution in [0.5, 0.6) is 5.75 Å². The number of rotatable bonds is 3. The van der Waals surface area contributed by atoms with Gasteiger partial charge in [-0.05, 0) is 6.07 Å². The van der Waals surface area contributed by atoms with Gasteiger partial charge in [-0.15, -0.1) is 0 Å². The van der Waals surface area contributed by atoms with Gasteiger partial charge in [-0.3, -0.25) is 4.79 Å². The summed E-state index contributed by atoms with van der Waals surface area (Å²) in [6.07, 6.45) is 0. The van der Waals surface area contributed by atoms with Crippen LogP contribution in [0.4, 0.5) is 4.79 Å². The number of aromatic hydroxyl groups is 1. The number of carboxylic acids is 1. The lowest BCUT2D eigenvalue weighted by Crippen LogP contribution is -2.27. The van der Waals surface area contributed by atoms with E-state index < -0.39 is 24.9 Å². The molecule has 1 aromatic rings. The van der Waals surface area contributed by atoms with E-state index in [0.29, 0.717) is 0 Å². The zero-order valence-corrected chi connectivity index (χ0v) is 7.10. The number of phenols is 1. The lowest BCUT2D eigenvalue weighted by atomic mass is 9.68. The van der Waals surface area contributed by atoms with Crippen molar-refractivity contribution in [1.29, 1.82) is 0 Å². The van der Waals surface area contributed by atoms with Crippen molar-refractivity contribution >= 4 is 24.6 Å². The van der Waals surface area contributed by atoms with Gasteiger partial charge in [-0.2, -0.15) is 0 Å². The summed E-state index contributed by atoms with van der Waals surface area (Å²) in [6.45, 7) is 0. The van der Waals surface area contributed by atoms with Crippen LogP contribution in [0.2, 0.25) is 0 Å². The maximum Gasteiger partial charge on any atom is 0.338 e. The molecule has 0 saturated heterocycles. The number of aromatic carboxylic acids is 1. The Kier molecular flexibility index (Phi) is 2.76. The number of carbonyl (C=O) groups is 2. The highest BCUT2D eigenvalue weighted by molar-refractivity contribution is 6.83. The van der Waals surface area contributed by atoms with Gasteiger partial charge in [0.25, 0.3) is 13.1 Å². The third kappa shape index (κ3) is 2.04. The SMILES string of the molecule is O=C(O)Bc1cccc(O)c1C(=O)O. The lowest BCUT2D eigenvalue weighted by molar-refractivity contribution is 0.0695. The smallest absolute Gasteiger partial charge is 0.338 e. The normalized spacial score (nSPS) is 9.43. The molecule has 1 aromatic carbocycles. The number of carboxylic acid groups (broad SMARTS) is 2. The lowest BCUT2D eigenvalue weighted by Gasteiger charge is -2.03. The summed E-state index contributed by atoms with van der Waals surface area (Å²) in [5, 5.41) is 26.4. The second kappa shape index (κ2) is 3.82. The molecule has 0 aromatic heterocycles. The fourth-order valence-corrected chi connectivity index (χ4v) is 1.14. The minimum atomic E-state index is -1.33. The molecule has 0 amide bonds. The molecule has 0 unspecified atom stereocenters. The minimum Gasteiger partial charge on any atom is -0.507 e. The van der Waals surface area contributed by atoms with Crippen molar-refractivity contribution in [2.45, 2.75) is 0 Å². The first kappa shape index (κ1) is 10.1. The van der Waals surface area contributed by atoms with Gasteiger partial charge in [0.15, 0.2) is 0 Å². The first-order valence-corrected chi connectivity index (χ1v) is 3.78. The van der Waals surface area contributed by atoms with Crippen LogP contribution in [0, 0.1) is 0 Å². The Hall–Kier alpha value is -1.98. The van der Waals surface area contributed by atoms with Crippen LogP contribution in [-0.2, 0) is 0 Å². The van der Waals surface area contributed by atoms with E-state index in [2.05, 4.69) is 0 Å². The maximum atomic E-state index is 10.7. The van der Waals surface area contributed by atoms with Gasteiger partial charge in [0.1, 0.15) is 5.75 Å². The van der Waals surface area contributed by atoms with Gasteiger partial charge in [0.05, 0.1) is 5.56 Å². The monoisotopic (exact) mass is 194 g/mol. The largest absolute Gasteiger partial charge is 0.507 e. The van der Waals surface area contributed by atoms with Gasteiger partial charge in [0, 0.05) is 0 Å². The van der Waals surface area contributed by atoms with Crippen molar-refractivity contribution in [3.8, 4) is 5.75 Å². The Bertz CT molecular complexity index is 387. The molecule has 0 spiro atoms. The molecular formula is C8H7BO5. The predicted octanol–water partition coefficient (Wildman–Crippen LogP) is -0.170. The molecule has 0 bridgehead atoms. The molecular weight excluding hydrogens is 187 g/mol. The van der Waals surface area contributed by atoms with Crippen molar-refractivity contribution in [2.75, 3.05) is 0 Å². The second-order valence-corrected chi connectivity index (χ2v) is 2.69. The van der Waals surface area contributed by atoms with Crippen LogP contribution in [0.25, 0.3) is 0 Å². The molecule has 5 nitrogen and oxygen atoms in total. The van der Waals surface area contributed by atoms with Crippen molar-refractivity contribution in [2.24, 2.45) is 0 Å². The molecule has 6 heteroatoms. The van der Waals surface area contributed by atoms with Crippen LogP contribution in [0.3, 0.4) is 0 Å². The van der Waals surface area contributed by atoms with Crippen molar-refractivity contribution < 1.29 is 24.9 Å². The topological polar surface area (TPSA) is 94.8 Å². The molecule has 0 saturated carbocycles. The first-order valence-electron chi connectivity index (χ1n) is 3.78. The van der Waals surface area contributed by atoms with Crippen molar-refractivity contribution in [3.05, 3.63) is 23.8 Å². The fraction of sp³-hybridized carbons (Fsp3) is 0. The van der Waals surface area contributed by atoms with Gasteiger partial charge in [-0.1, -0.05) is 17.6 Å². The molecule has 0 radical (unpaired) electrons. The molecule has 14 heavy (non-hydrogen) atoms. The summed E-state index contributed by atoms with van der Waals surface area (Å²) in [4.78, 5) is 21.1. The molecule has 0 aliphatic carbocycles. The molecule has 1 rings (SSSR count). The third-order valence-electron chi connectivity index (χ3n) is 1.68. The molecule has 0 aliphatic heterocycles. The van der Waals surface area contributed by atoms with Gasteiger partial charge < -0.3 is 15.3 Å². The number of hydrogen-bond acceptors (Lipinski definition) is 3. The summed E-state index contributed by atoms with van der Waals surface area (Å²) in [5.74, 6) is -2.89. The third-order valence-corrected chi connectivity index (χ3v) is 1.68. The van der Waals surface area contributed by atoms with E-state index in [-0.39, 0.29) is 11.0 Å². The standard InChI is InChI=1S/C8H7BO5/c10-5-3-1-2-4(9-8(13)14)6(5)7(11)12/h1-3,9-10H,(H,11,12)(H,13,14). The maximum absolute atomic E-state index is 10.7. The van der Waals surface area contributed by atoms with E-state index in [1.807, 2.05) is 0 Å². The van der Waals surface area contributed by atoms with Crippen LogP contribution < -0.4 is 5.46 Å². The summed E-state index contributed by atoms with van der Waals surface area (Å²) in [5.41, 5.74) is -0.264. The van der Waals surface area contributed by atoms with E-state index in [0.717, 1.165) is 0 Å². The summed E-state index contributed by atoms with van der Waals surface area (Å²) < 4.78 is 0. The number of benzene rings is 1. The second-order valence-electron chi connectivity index (χ2n) is 2.69. The Morgan fingerprint density at radius 3 is 2.36 bits per heavy atom. The summed E-state index contributed by atoms with van der Waals surface area (Å²) in [6, 6.07) is 3.96. The van der Waals surface area contributed by atoms with Crippen LogP contribution in [0.15, 0.2) is 18.2 Å². The Balaban J connectivity index is 3.21. The fourth-order valence-electron chi connectivity index (χ4n) is 1.14. The molecule has 3 N–H and O–H groups in total. The highest BCUT2D eigenvalue weighted by atomic mass is 16.4. The molecule has 72 valence electrons. The Labute approximate surface area is 79.9 Å². The quantitative estimate of drug-likeness (QED) is 0.580. The van der Waals surface area contributed by atoms with E-state index in [4.69, 9.17) is 10.2 Å². The molecule has 0 heterocycles. The average Bonchev–Trinajstić information content (AvgIpc) is 2.01. The van der Waals surface area contributed by atoms with Crippen LogP contribution in [-0.4, -0.2) is 34.4 Å². The van der Waals surface area contributed by atoms with Crippen LogP contribution in [0.1, 0.15) is 10.4 Å². The van der Waals surface area contributed by atoms with E-state index in [9.17, 15) is 14.7 Å². The average molecular weight is 194 g/mol. The van der Waals surface area contributed by atoms with Crippen molar-refractivity contribution in [3.63, 3.8) is 0 Å². The van der Waals surface area contributed by atoms with E-state index in [1.54, 1.807) is 0 Å². The van der Waals surface area contributed by atoms with Gasteiger partial charge >= 0.3 is 5.97 Å². The van der Waals surface area contributed by atoms with Gasteiger partial charge in [0.2, 0.25) is 0 Å². The van der Waals surface area contributed by atoms with E-state index >= 15 is 0 Å². The summed E-state index contributed by atoms with van der Waals surface area (Å²) >= 11 is 0. The Morgan fingerprint density at radius 1 is 1.21 bits per heavy atom. The molecule has 0 fully saturated rings. The highest BCUT2D eigenvalue weighted by Crippen LogP contribution is 2.13. The first-order chi connectivity index (χ1) is 6.52. The summed E-state index contributed by atoms with van der Waals surface area (Å²) in [7, 11) is -0.421. The highest BCUT2D eigenvalue weighted by Gasteiger charge is 2.17. The number of hydrogen-bond donors (Lipinski definition) is 3. The minimum absolute atomic E-state index is 0.0880. The van der Waals surface area contributed by atoms with Crippen LogP contribution >= 0.6 is 0 Å². The zero-order chi connectivity index (χ0) is 10.7. The molecule has 0 aliphatic rings. The predicted molar refractivity (Wildman–Crippen MR) is 49.9 cm³/mol. The van der Waals surface area contributed by atoms with Crippen molar-refractivity contribution in [1.82, 2.24) is 0 Å². The van der Waals surface area contributed by atoms with E-state index in [1.165, 1.54) is 18.2 Å². The molecule has 0 atom stereocenters. The zero-order valence-electron chi connectivity index (χ0n) is 7.10. The Morgan fingerprint density at radius 2 is 1.86 bits per heavy atom.